The number of urea groups is 1. The number of carbonyl (C=O) groups is 2. The molecule has 0 saturated carbocycles. The molecule has 0 atom stereocenters. The second kappa shape index (κ2) is 7.11. The molecule has 29 heavy (non-hydrogen) atoms. The van der Waals surface area contributed by atoms with Crippen molar-refractivity contribution in [3.05, 3.63) is 59.5 Å². The first-order valence-corrected chi connectivity index (χ1v) is 7.68. The van der Waals surface area contributed by atoms with Crippen molar-refractivity contribution in [2.75, 3.05) is 5.32 Å². The molecule has 0 aliphatic rings. The number of rotatable bonds is 2. The van der Waals surface area contributed by atoms with Gasteiger partial charge in [-0.2, -0.15) is 26.3 Å². The van der Waals surface area contributed by atoms with E-state index in [0.29, 0.717) is 23.2 Å². The highest BCUT2D eigenvalue weighted by molar-refractivity contribution is 6.08. The standard InChI is InChI=1S/C17H9F6N3O3/c18-16(19,20)9-4-10(17(21,22)23)6-11(5-9)25-15(28)26-14(27)8-1-2-13-12(3-8)24-7-29-13/h1-7H,(H2,25,26,27,28). The maximum Gasteiger partial charge on any atom is 0.416 e. The van der Waals surface area contributed by atoms with E-state index >= 15 is 0 Å². The van der Waals surface area contributed by atoms with Crippen LogP contribution < -0.4 is 10.6 Å². The molecule has 2 aromatic carbocycles. The average molecular weight is 417 g/mol. The normalized spacial score (nSPS) is 12.1. The summed E-state index contributed by atoms with van der Waals surface area (Å²) in [6, 6.07) is 3.22. The number of aromatic nitrogens is 1. The predicted octanol–water partition coefficient (Wildman–Crippen LogP) is 4.83. The number of alkyl halides is 6. The predicted molar refractivity (Wildman–Crippen MR) is 86.9 cm³/mol. The van der Waals surface area contributed by atoms with E-state index < -0.39 is 41.1 Å². The Kier molecular flexibility index (Phi) is 4.95. The van der Waals surface area contributed by atoms with Crippen molar-refractivity contribution in [3.8, 4) is 0 Å². The van der Waals surface area contributed by atoms with Crippen LogP contribution in [-0.4, -0.2) is 16.9 Å². The molecule has 1 heterocycles. The number of fused-ring (bicyclic) bond motifs is 1. The van der Waals surface area contributed by atoms with Gasteiger partial charge in [-0.25, -0.2) is 9.78 Å². The fourth-order valence-corrected chi connectivity index (χ4v) is 2.36. The van der Waals surface area contributed by atoms with Gasteiger partial charge in [0, 0.05) is 11.3 Å². The molecule has 0 aliphatic heterocycles. The van der Waals surface area contributed by atoms with E-state index in [1.807, 2.05) is 5.32 Å². The Bertz CT molecular complexity index is 1060. The average Bonchev–Trinajstić information content (AvgIpc) is 3.07. The summed E-state index contributed by atoms with van der Waals surface area (Å²) in [5.74, 6) is -0.949. The minimum absolute atomic E-state index is 0.0263. The summed E-state index contributed by atoms with van der Waals surface area (Å²) in [4.78, 5) is 27.8. The third-order valence-corrected chi connectivity index (χ3v) is 3.67. The van der Waals surface area contributed by atoms with E-state index in [4.69, 9.17) is 4.42 Å². The van der Waals surface area contributed by atoms with Crippen LogP contribution in [0.15, 0.2) is 47.2 Å². The molecule has 2 N–H and O–H groups in total. The lowest BCUT2D eigenvalue weighted by molar-refractivity contribution is -0.143. The zero-order valence-electron chi connectivity index (χ0n) is 14.0. The van der Waals surface area contributed by atoms with Gasteiger partial charge in [0.25, 0.3) is 5.91 Å². The van der Waals surface area contributed by atoms with Crippen LogP contribution in [0.5, 0.6) is 0 Å². The zero-order valence-corrected chi connectivity index (χ0v) is 14.0. The molecular weight excluding hydrogens is 408 g/mol. The van der Waals surface area contributed by atoms with Crippen molar-refractivity contribution < 1.29 is 40.3 Å². The Hall–Kier alpha value is -3.57. The number of hydrogen-bond acceptors (Lipinski definition) is 4. The molecule has 0 radical (unpaired) electrons. The van der Waals surface area contributed by atoms with E-state index in [-0.39, 0.29) is 11.6 Å². The SMILES string of the molecule is O=C(NC(=O)c1ccc2ocnc2c1)Nc1cc(C(F)(F)F)cc(C(F)(F)F)c1. The Labute approximate surface area is 157 Å². The fraction of sp³-hybridized carbons (Fsp3) is 0.118. The molecule has 3 rings (SSSR count). The second-order valence-electron chi connectivity index (χ2n) is 5.74. The van der Waals surface area contributed by atoms with E-state index in [1.165, 1.54) is 18.2 Å². The monoisotopic (exact) mass is 417 g/mol. The van der Waals surface area contributed by atoms with Gasteiger partial charge >= 0.3 is 18.4 Å². The first kappa shape index (κ1) is 20.2. The van der Waals surface area contributed by atoms with Crippen molar-refractivity contribution in [2.45, 2.75) is 12.4 Å². The minimum atomic E-state index is -5.07. The third-order valence-electron chi connectivity index (χ3n) is 3.67. The quantitative estimate of drug-likeness (QED) is 0.586. The lowest BCUT2D eigenvalue weighted by Crippen LogP contribution is -2.34. The molecule has 0 saturated heterocycles. The fourth-order valence-electron chi connectivity index (χ4n) is 2.36. The Morgan fingerprint density at radius 1 is 0.897 bits per heavy atom. The highest BCUT2D eigenvalue weighted by Gasteiger charge is 2.37. The van der Waals surface area contributed by atoms with Gasteiger partial charge in [-0.05, 0) is 36.4 Å². The van der Waals surface area contributed by atoms with Gasteiger partial charge in [-0.15, -0.1) is 0 Å². The van der Waals surface area contributed by atoms with Gasteiger partial charge in [-0.3, -0.25) is 10.1 Å². The van der Waals surface area contributed by atoms with Crippen molar-refractivity contribution in [1.29, 1.82) is 0 Å². The maximum atomic E-state index is 12.8. The van der Waals surface area contributed by atoms with Gasteiger partial charge in [-0.1, -0.05) is 0 Å². The Balaban J connectivity index is 1.79. The molecular formula is C17H9F6N3O3. The summed E-state index contributed by atoms with van der Waals surface area (Å²) < 4.78 is 82.0. The van der Waals surface area contributed by atoms with Gasteiger partial charge in [0.05, 0.1) is 11.1 Å². The summed E-state index contributed by atoms with van der Waals surface area (Å²) in [7, 11) is 0. The highest BCUT2D eigenvalue weighted by atomic mass is 19.4. The number of anilines is 1. The van der Waals surface area contributed by atoms with E-state index in [0.717, 1.165) is 6.39 Å². The molecule has 3 aromatic rings. The maximum absolute atomic E-state index is 12.8. The molecule has 0 bridgehead atoms. The second-order valence-corrected chi connectivity index (χ2v) is 5.74. The summed E-state index contributed by atoms with van der Waals surface area (Å²) in [6.45, 7) is 0. The van der Waals surface area contributed by atoms with Crippen molar-refractivity contribution in [3.63, 3.8) is 0 Å². The van der Waals surface area contributed by atoms with Crippen LogP contribution >= 0.6 is 0 Å². The number of benzene rings is 2. The highest BCUT2D eigenvalue weighted by Crippen LogP contribution is 2.37. The van der Waals surface area contributed by atoms with Crippen LogP contribution in [0.4, 0.5) is 36.8 Å². The molecule has 0 unspecified atom stereocenters. The van der Waals surface area contributed by atoms with Gasteiger partial charge in [0.15, 0.2) is 12.0 Å². The summed E-state index contributed by atoms with van der Waals surface area (Å²) in [5, 5.41) is 3.60. The zero-order chi connectivity index (χ0) is 21.4. The van der Waals surface area contributed by atoms with E-state index in [9.17, 15) is 35.9 Å². The molecule has 0 spiro atoms. The molecule has 6 nitrogen and oxygen atoms in total. The number of nitrogens with zero attached hydrogens (tertiary/aromatic N) is 1. The number of nitrogens with one attached hydrogen (secondary N) is 2. The molecule has 0 aliphatic carbocycles. The molecule has 152 valence electrons. The number of carbonyl (C=O) groups excluding carboxylic acids is 2. The number of oxazole rings is 1. The molecule has 3 amide bonds. The molecule has 0 fully saturated rings. The van der Waals surface area contributed by atoms with Gasteiger partial charge in [0.2, 0.25) is 0 Å². The number of amides is 3. The van der Waals surface area contributed by atoms with Crippen LogP contribution in [0.3, 0.4) is 0 Å². The molecule has 12 heteroatoms. The lowest BCUT2D eigenvalue weighted by Gasteiger charge is -2.15. The van der Waals surface area contributed by atoms with E-state index in [1.54, 1.807) is 5.32 Å². The van der Waals surface area contributed by atoms with Crippen molar-refractivity contribution >= 4 is 28.7 Å². The first-order chi connectivity index (χ1) is 13.4. The Morgan fingerprint density at radius 3 is 2.10 bits per heavy atom. The van der Waals surface area contributed by atoms with Crippen LogP contribution in [0.1, 0.15) is 21.5 Å². The molecule has 1 aromatic heterocycles. The number of hydrogen-bond donors (Lipinski definition) is 2. The van der Waals surface area contributed by atoms with Gasteiger partial charge < -0.3 is 9.73 Å². The van der Waals surface area contributed by atoms with Crippen LogP contribution in [-0.2, 0) is 12.4 Å². The van der Waals surface area contributed by atoms with E-state index in [2.05, 4.69) is 4.98 Å². The van der Waals surface area contributed by atoms with Crippen LogP contribution in [0.2, 0.25) is 0 Å². The van der Waals surface area contributed by atoms with Crippen LogP contribution in [0, 0.1) is 0 Å². The summed E-state index contributed by atoms with van der Waals surface area (Å²) in [6.07, 6.45) is -9.01. The largest absolute Gasteiger partial charge is 0.443 e. The van der Waals surface area contributed by atoms with Crippen LogP contribution in [0.25, 0.3) is 11.1 Å². The first-order valence-electron chi connectivity index (χ1n) is 7.68. The van der Waals surface area contributed by atoms with Gasteiger partial charge in [0.1, 0.15) is 5.52 Å². The lowest BCUT2D eigenvalue weighted by atomic mass is 10.1. The van der Waals surface area contributed by atoms with Crippen molar-refractivity contribution in [2.24, 2.45) is 0 Å². The number of imide groups is 1. The van der Waals surface area contributed by atoms with Crippen molar-refractivity contribution in [1.82, 2.24) is 10.3 Å². The smallest absolute Gasteiger partial charge is 0.416 e. The Morgan fingerprint density at radius 2 is 1.52 bits per heavy atom. The topological polar surface area (TPSA) is 84.2 Å². The number of halogens is 6. The minimum Gasteiger partial charge on any atom is -0.443 e. The third kappa shape index (κ3) is 4.65. The summed E-state index contributed by atoms with van der Waals surface area (Å²) >= 11 is 0. The summed E-state index contributed by atoms with van der Waals surface area (Å²) in [5.41, 5.74) is -3.35.